The largest absolute Gasteiger partial charge is 0.451 e. The van der Waals surface area contributed by atoms with Crippen molar-refractivity contribution in [3.8, 4) is 0 Å². The fourth-order valence-electron chi connectivity index (χ4n) is 1.79. The van der Waals surface area contributed by atoms with Gasteiger partial charge in [0.05, 0.1) is 18.0 Å². The third-order valence-corrected chi connectivity index (χ3v) is 2.88. The molecule has 1 amide bonds. The first-order valence-corrected chi connectivity index (χ1v) is 6.49. The average Bonchev–Trinajstić information content (AvgIpc) is 2.96. The van der Waals surface area contributed by atoms with Gasteiger partial charge in [0, 0.05) is 19.3 Å². The standard InChI is InChI=1S/C13H17N3O4/c1-9-5-15-11(7-14-9)13(18)20-8-12(17)16-6-10-3-2-4-19-10/h5,7,10H,2-4,6,8H2,1H3,(H,16,17)/t10-/m0/s1. The Morgan fingerprint density at radius 3 is 2.95 bits per heavy atom. The molecule has 1 aromatic heterocycles. The molecule has 1 aliphatic rings. The topological polar surface area (TPSA) is 90.4 Å². The van der Waals surface area contributed by atoms with E-state index in [-0.39, 0.29) is 24.3 Å². The van der Waals surface area contributed by atoms with Crippen molar-refractivity contribution in [2.75, 3.05) is 19.8 Å². The zero-order valence-corrected chi connectivity index (χ0v) is 11.3. The lowest BCUT2D eigenvalue weighted by atomic mass is 10.2. The normalized spacial score (nSPS) is 17.8. The third kappa shape index (κ3) is 4.27. The first-order chi connectivity index (χ1) is 9.65. The molecule has 1 fully saturated rings. The molecule has 7 nitrogen and oxygen atoms in total. The summed E-state index contributed by atoms with van der Waals surface area (Å²) in [4.78, 5) is 30.9. The summed E-state index contributed by atoms with van der Waals surface area (Å²) in [6.07, 6.45) is 4.81. The molecule has 1 N–H and O–H groups in total. The number of hydrogen-bond acceptors (Lipinski definition) is 6. The Morgan fingerprint density at radius 1 is 1.45 bits per heavy atom. The van der Waals surface area contributed by atoms with Crippen molar-refractivity contribution in [2.24, 2.45) is 0 Å². The summed E-state index contributed by atoms with van der Waals surface area (Å²) in [5.74, 6) is -1.02. The number of carbonyl (C=O) groups is 2. The molecule has 0 aliphatic carbocycles. The van der Waals surface area contributed by atoms with Crippen LogP contribution in [0.2, 0.25) is 0 Å². The van der Waals surface area contributed by atoms with Crippen LogP contribution in [0.1, 0.15) is 29.0 Å². The highest BCUT2D eigenvalue weighted by Crippen LogP contribution is 2.10. The molecule has 1 aliphatic heterocycles. The first kappa shape index (κ1) is 14.4. The number of hydrogen-bond donors (Lipinski definition) is 1. The van der Waals surface area contributed by atoms with Gasteiger partial charge in [0.25, 0.3) is 5.91 Å². The minimum absolute atomic E-state index is 0.0672. The second-order valence-corrected chi connectivity index (χ2v) is 4.56. The van der Waals surface area contributed by atoms with Crippen LogP contribution in [0.3, 0.4) is 0 Å². The molecule has 0 saturated carbocycles. The van der Waals surface area contributed by atoms with E-state index in [0.717, 1.165) is 19.4 Å². The average molecular weight is 279 g/mol. The number of nitrogens with zero attached hydrogens (tertiary/aromatic N) is 2. The Bertz CT molecular complexity index is 469. The highest BCUT2D eigenvalue weighted by atomic mass is 16.5. The van der Waals surface area contributed by atoms with E-state index in [4.69, 9.17) is 9.47 Å². The van der Waals surface area contributed by atoms with Crippen LogP contribution >= 0.6 is 0 Å². The van der Waals surface area contributed by atoms with Crippen molar-refractivity contribution in [3.05, 3.63) is 23.8 Å². The second-order valence-electron chi connectivity index (χ2n) is 4.56. The Morgan fingerprint density at radius 2 is 2.30 bits per heavy atom. The summed E-state index contributed by atoms with van der Waals surface area (Å²) in [7, 11) is 0. The van der Waals surface area contributed by atoms with Crippen LogP contribution in [0, 0.1) is 6.92 Å². The number of ether oxygens (including phenoxy) is 2. The first-order valence-electron chi connectivity index (χ1n) is 6.49. The van der Waals surface area contributed by atoms with Crippen LogP contribution in [-0.4, -0.2) is 47.7 Å². The smallest absolute Gasteiger partial charge is 0.359 e. The maximum absolute atomic E-state index is 11.6. The van der Waals surface area contributed by atoms with Gasteiger partial charge in [-0.3, -0.25) is 9.78 Å². The molecule has 2 rings (SSSR count). The highest BCUT2D eigenvalue weighted by Gasteiger charge is 2.17. The molecule has 7 heteroatoms. The van der Waals surface area contributed by atoms with Crippen molar-refractivity contribution in [2.45, 2.75) is 25.9 Å². The molecule has 1 atom stereocenters. The number of carbonyl (C=O) groups excluding carboxylic acids is 2. The Hall–Kier alpha value is -2.02. The minimum atomic E-state index is -0.662. The second kappa shape index (κ2) is 6.95. The number of aryl methyl sites for hydroxylation is 1. The molecular weight excluding hydrogens is 262 g/mol. The fourth-order valence-corrected chi connectivity index (χ4v) is 1.79. The third-order valence-electron chi connectivity index (χ3n) is 2.88. The van der Waals surface area contributed by atoms with Crippen molar-refractivity contribution < 1.29 is 19.1 Å². The number of nitrogens with one attached hydrogen (secondary N) is 1. The Balaban J connectivity index is 1.69. The van der Waals surface area contributed by atoms with Crippen LogP contribution in [0.4, 0.5) is 0 Å². The highest BCUT2D eigenvalue weighted by molar-refractivity contribution is 5.89. The SMILES string of the molecule is Cc1cnc(C(=O)OCC(=O)NC[C@@H]2CCCO2)cn1. The van der Waals surface area contributed by atoms with Gasteiger partial charge in [0.2, 0.25) is 0 Å². The van der Waals surface area contributed by atoms with Crippen LogP contribution in [0.25, 0.3) is 0 Å². The van der Waals surface area contributed by atoms with Gasteiger partial charge in [0.15, 0.2) is 12.3 Å². The van der Waals surface area contributed by atoms with Crippen LogP contribution in [0.5, 0.6) is 0 Å². The van der Waals surface area contributed by atoms with Gasteiger partial charge >= 0.3 is 5.97 Å². The lowest BCUT2D eigenvalue weighted by Crippen LogP contribution is -2.34. The molecule has 0 aromatic carbocycles. The van der Waals surface area contributed by atoms with E-state index < -0.39 is 5.97 Å². The van der Waals surface area contributed by atoms with Gasteiger partial charge in [0.1, 0.15) is 0 Å². The van der Waals surface area contributed by atoms with E-state index >= 15 is 0 Å². The summed E-state index contributed by atoms with van der Waals surface area (Å²) < 4.78 is 10.2. The molecule has 1 saturated heterocycles. The predicted molar refractivity (Wildman–Crippen MR) is 69.0 cm³/mol. The molecule has 108 valence electrons. The van der Waals surface area contributed by atoms with E-state index in [1.54, 1.807) is 6.92 Å². The molecule has 1 aromatic rings. The van der Waals surface area contributed by atoms with Crippen LogP contribution in [-0.2, 0) is 14.3 Å². The van der Waals surface area contributed by atoms with Crippen molar-refractivity contribution in [3.63, 3.8) is 0 Å². The van der Waals surface area contributed by atoms with Crippen molar-refractivity contribution in [1.29, 1.82) is 0 Å². The lowest BCUT2D eigenvalue weighted by molar-refractivity contribution is -0.124. The monoisotopic (exact) mass is 279 g/mol. The number of aromatic nitrogens is 2. The van der Waals surface area contributed by atoms with E-state index in [0.29, 0.717) is 12.2 Å². The summed E-state index contributed by atoms with van der Waals surface area (Å²) in [5.41, 5.74) is 0.790. The van der Waals surface area contributed by atoms with Gasteiger partial charge in [-0.2, -0.15) is 0 Å². The molecule has 0 bridgehead atoms. The predicted octanol–water partition coefficient (Wildman–Crippen LogP) is 0.237. The number of esters is 1. The van der Waals surface area contributed by atoms with Gasteiger partial charge in [-0.05, 0) is 19.8 Å². The molecular formula is C13H17N3O4. The van der Waals surface area contributed by atoms with E-state index in [9.17, 15) is 9.59 Å². The fraction of sp³-hybridized carbons (Fsp3) is 0.538. The van der Waals surface area contributed by atoms with Gasteiger partial charge in [-0.1, -0.05) is 0 Å². The molecule has 2 heterocycles. The van der Waals surface area contributed by atoms with Crippen molar-refractivity contribution in [1.82, 2.24) is 15.3 Å². The van der Waals surface area contributed by atoms with Crippen molar-refractivity contribution >= 4 is 11.9 Å². The lowest BCUT2D eigenvalue weighted by Gasteiger charge is -2.10. The zero-order chi connectivity index (χ0) is 14.4. The molecule has 0 spiro atoms. The van der Waals surface area contributed by atoms with Crippen LogP contribution < -0.4 is 5.32 Å². The summed E-state index contributed by atoms with van der Waals surface area (Å²) in [6, 6.07) is 0. The molecule has 20 heavy (non-hydrogen) atoms. The molecule has 0 radical (unpaired) electrons. The summed E-state index contributed by atoms with van der Waals surface area (Å²) in [5, 5.41) is 2.66. The Labute approximate surface area is 116 Å². The number of rotatable bonds is 5. The molecule has 0 unspecified atom stereocenters. The zero-order valence-electron chi connectivity index (χ0n) is 11.3. The number of amides is 1. The maximum atomic E-state index is 11.6. The maximum Gasteiger partial charge on any atom is 0.359 e. The summed E-state index contributed by atoms with van der Waals surface area (Å²) >= 11 is 0. The van der Waals surface area contributed by atoms with E-state index in [1.807, 2.05) is 0 Å². The van der Waals surface area contributed by atoms with Gasteiger partial charge in [-0.15, -0.1) is 0 Å². The summed E-state index contributed by atoms with van der Waals surface area (Å²) in [6.45, 7) is 2.62. The quantitative estimate of drug-likeness (QED) is 0.776. The van der Waals surface area contributed by atoms with E-state index in [1.165, 1.54) is 12.4 Å². The van der Waals surface area contributed by atoms with Gasteiger partial charge in [-0.25, -0.2) is 9.78 Å². The van der Waals surface area contributed by atoms with Gasteiger partial charge < -0.3 is 14.8 Å². The van der Waals surface area contributed by atoms with E-state index in [2.05, 4.69) is 15.3 Å². The Kier molecular flexibility index (Phi) is 5.00. The minimum Gasteiger partial charge on any atom is -0.451 e. The van der Waals surface area contributed by atoms with Crippen LogP contribution in [0.15, 0.2) is 12.4 Å².